The highest BCUT2D eigenvalue weighted by Gasteiger charge is 2.11. The van der Waals surface area contributed by atoms with Crippen molar-refractivity contribution >= 4 is 34.3 Å². The number of nitrogens with one attached hydrogen (secondary N) is 2. The molecule has 0 aliphatic carbocycles. The minimum absolute atomic E-state index is 0.294. The maximum atomic E-state index is 12.7. The van der Waals surface area contributed by atoms with Gasteiger partial charge in [0, 0.05) is 22.2 Å². The van der Waals surface area contributed by atoms with Crippen molar-refractivity contribution in [3.8, 4) is 34.3 Å². The number of para-hydroxylation sites is 1. The molecule has 49 heavy (non-hydrogen) atoms. The molecule has 1 aromatic heterocycles. The molecule has 0 aliphatic rings. The lowest BCUT2D eigenvalue weighted by atomic mass is 10.1. The topological polar surface area (TPSA) is 103 Å². The molecular formula is C39H34N4O5S. The van der Waals surface area contributed by atoms with Gasteiger partial charge in [0.2, 0.25) is 0 Å². The Morgan fingerprint density at radius 2 is 1.39 bits per heavy atom. The maximum absolute atomic E-state index is 12.7. The number of benzene rings is 5. The third-order valence-electron chi connectivity index (χ3n) is 7.40. The molecule has 0 saturated heterocycles. The number of aromatic nitrogens is 1. The minimum Gasteiger partial charge on any atom is -0.493 e. The Bertz CT molecular complexity index is 2020. The second-order valence-corrected chi connectivity index (χ2v) is 11.6. The van der Waals surface area contributed by atoms with Crippen LogP contribution in [0.3, 0.4) is 0 Å². The number of hydrogen-bond acceptors (Lipinski definition) is 9. The first kappa shape index (κ1) is 32.8. The lowest BCUT2D eigenvalue weighted by molar-refractivity contribution is 0.0955. The third kappa shape index (κ3) is 8.82. The van der Waals surface area contributed by atoms with E-state index in [1.165, 1.54) is 11.3 Å². The van der Waals surface area contributed by atoms with Crippen molar-refractivity contribution in [3.63, 3.8) is 0 Å². The molecule has 0 saturated carbocycles. The first-order valence-electron chi connectivity index (χ1n) is 15.4. The molecule has 9 nitrogen and oxygen atoms in total. The van der Waals surface area contributed by atoms with Crippen LogP contribution in [-0.2, 0) is 13.2 Å². The van der Waals surface area contributed by atoms with Crippen LogP contribution < -0.4 is 29.7 Å². The molecular weight excluding hydrogens is 637 g/mol. The van der Waals surface area contributed by atoms with Crippen LogP contribution in [0.4, 0.5) is 10.8 Å². The molecule has 0 bridgehead atoms. The Kier molecular flexibility index (Phi) is 10.8. The van der Waals surface area contributed by atoms with Gasteiger partial charge in [0.25, 0.3) is 5.91 Å². The minimum atomic E-state index is -0.327. The van der Waals surface area contributed by atoms with Crippen molar-refractivity contribution in [2.75, 3.05) is 19.5 Å². The summed E-state index contributed by atoms with van der Waals surface area (Å²) < 4.78 is 23.1. The molecule has 0 unspecified atom stereocenters. The van der Waals surface area contributed by atoms with E-state index in [1.54, 1.807) is 44.7 Å². The van der Waals surface area contributed by atoms with Crippen LogP contribution >= 0.6 is 11.3 Å². The molecule has 0 spiro atoms. The Labute approximate surface area is 288 Å². The number of amides is 1. The van der Waals surface area contributed by atoms with Crippen molar-refractivity contribution in [3.05, 3.63) is 149 Å². The summed E-state index contributed by atoms with van der Waals surface area (Å²) in [6.45, 7) is 0.738. The van der Waals surface area contributed by atoms with E-state index >= 15 is 0 Å². The first-order chi connectivity index (χ1) is 24.1. The fourth-order valence-corrected chi connectivity index (χ4v) is 5.57. The molecule has 246 valence electrons. The van der Waals surface area contributed by atoms with Crippen molar-refractivity contribution < 1.29 is 23.7 Å². The number of ether oxygens (including phenoxy) is 4. The smallest absolute Gasteiger partial charge is 0.271 e. The summed E-state index contributed by atoms with van der Waals surface area (Å²) in [5.74, 6) is 2.05. The zero-order valence-electron chi connectivity index (χ0n) is 27.0. The van der Waals surface area contributed by atoms with E-state index in [-0.39, 0.29) is 5.91 Å². The van der Waals surface area contributed by atoms with Crippen LogP contribution in [0.5, 0.6) is 23.0 Å². The molecule has 0 fully saturated rings. The van der Waals surface area contributed by atoms with E-state index in [4.69, 9.17) is 18.9 Å². The highest BCUT2D eigenvalue weighted by molar-refractivity contribution is 7.14. The summed E-state index contributed by atoms with van der Waals surface area (Å²) in [7, 11) is 3.18. The fraction of sp³-hybridized carbons (Fsp3) is 0.103. The van der Waals surface area contributed by atoms with Crippen LogP contribution in [0.1, 0.15) is 27.0 Å². The Hall–Kier alpha value is -6.13. The Morgan fingerprint density at radius 1 is 0.735 bits per heavy atom. The second-order valence-electron chi connectivity index (χ2n) is 10.8. The lowest BCUT2D eigenvalue weighted by Gasteiger charge is -2.14. The SMILES string of the molecule is COc1cc(/C=N/NC(=O)c2ccc(-c3csc(Nc4ccccc4)n3)cc2)ccc1OCc1ccc(OCc2ccccc2)c(OC)c1. The number of hydrogen-bond donors (Lipinski definition) is 2. The Morgan fingerprint density at radius 3 is 2.10 bits per heavy atom. The van der Waals surface area contributed by atoms with Gasteiger partial charge in [0.15, 0.2) is 28.1 Å². The van der Waals surface area contributed by atoms with Crippen LogP contribution in [0.2, 0.25) is 0 Å². The normalized spacial score (nSPS) is 10.8. The maximum Gasteiger partial charge on any atom is 0.271 e. The van der Waals surface area contributed by atoms with Crippen LogP contribution in [0.15, 0.2) is 132 Å². The summed E-state index contributed by atoms with van der Waals surface area (Å²) in [4.78, 5) is 17.4. The number of rotatable bonds is 14. The van der Waals surface area contributed by atoms with E-state index in [1.807, 2.05) is 102 Å². The zero-order chi connectivity index (χ0) is 33.8. The van der Waals surface area contributed by atoms with Crippen molar-refractivity contribution in [2.45, 2.75) is 13.2 Å². The molecule has 5 aromatic carbocycles. The molecule has 2 N–H and O–H groups in total. The van der Waals surface area contributed by atoms with Gasteiger partial charge >= 0.3 is 0 Å². The number of nitrogens with zero attached hydrogens (tertiary/aromatic N) is 2. The van der Waals surface area contributed by atoms with Gasteiger partial charge in [-0.05, 0) is 71.3 Å². The average molecular weight is 671 g/mol. The number of carbonyl (C=O) groups excluding carboxylic acids is 1. The van der Waals surface area contributed by atoms with Crippen molar-refractivity contribution in [1.29, 1.82) is 0 Å². The van der Waals surface area contributed by atoms with Gasteiger partial charge < -0.3 is 24.3 Å². The average Bonchev–Trinajstić information content (AvgIpc) is 3.62. The molecule has 1 amide bonds. The summed E-state index contributed by atoms with van der Waals surface area (Å²) in [6, 6.07) is 38.2. The zero-order valence-corrected chi connectivity index (χ0v) is 27.8. The van der Waals surface area contributed by atoms with Gasteiger partial charge in [-0.3, -0.25) is 4.79 Å². The monoisotopic (exact) mass is 670 g/mol. The van der Waals surface area contributed by atoms with Gasteiger partial charge in [-0.2, -0.15) is 5.10 Å². The van der Waals surface area contributed by atoms with E-state index in [0.29, 0.717) is 41.8 Å². The van der Waals surface area contributed by atoms with Gasteiger partial charge in [0.1, 0.15) is 13.2 Å². The quantitative estimate of drug-likeness (QED) is 0.0885. The van der Waals surface area contributed by atoms with E-state index < -0.39 is 0 Å². The van der Waals surface area contributed by atoms with E-state index in [0.717, 1.165) is 38.8 Å². The van der Waals surface area contributed by atoms with Gasteiger partial charge in [-0.1, -0.05) is 66.7 Å². The largest absolute Gasteiger partial charge is 0.493 e. The molecule has 10 heteroatoms. The van der Waals surface area contributed by atoms with Crippen molar-refractivity contribution in [1.82, 2.24) is 10.4 Å². The van der Waals surface area contributed by atoms with Crippen LogP contribution in [0, 0.1) is 0 Å². The summed E-state index contributed by atoms with van der Waals surface area (Å²) in [5, 5.41) is 10.2. The predicted octanol–water partition coefficient (Wildman–Crippen LogP) is 8.49. The number of thiazole rings is 1. The van der Waals surface area contributed by atoms with Crippen LogP contribution in [-0.4, -0.2) is 31.3 Å². The summed E-state index contributed by atoms with van der Waals surface area (Å²) in [5.41, 5.74) is 8.49. The van der Waals surface area contributed by atoms with Gasteiger partial charge in [-0.15, -0.1) is 11.3 Å². The lowest BCUT2D eigenvalue weighted by Crippen LogP contribution is -2.17. The van der Waals surface area contributed by atoms with E-state index in [2.05, 4.69) is 20.8 Å². The summed E-state index contributed by atoms with van der Waals surface area (Å²) in [6.07, 6.45) is 1.55. The second kappa shape index (κ2) is 16.1. The van der Waals surface area contributed by atoms with Crippen LogP contribution in [0.25, 0.3) is 11.3 Å². The molecule has 0 aliphatic heterocycles. The Balaban J connectivity index is 1.01. The predicted molar refractivity (Wildman–Crippen MR) is 193 cm³/mol. The third-order valence-corrected chi connectivity index (χ3v) is 8.16. The highest BCUT2D eigenvalue weighted by atomic mass is 32.1. The number of anilines is 2. The number of methoxy groups -OCH3 is 2. The molecule has 6 rings (SSSR count). The van der Waals surface area contributed by atoms with Crippen molar-refractivity contribution in [2.24, 2.45) is 5.10 Å². The van der Waals surface area contributed by atoms with Gasteiger partial charge in [-0.25, -0.2) is 10.4 Å². The number of carbonyl (C=O) groups is 1. The first-order valence-corrected chi connectivity index (χ1v) is 16.3. The highest BCUT2D eigenvalue weighted by Crippen LogP contribution is 2.32. The molecule has 1 heterocycles. The number of hydrazone groups is 1. The molecule has 6 aromatic rings. The molecule has 0 radical (unpaired) electrons. The molecule has 0 atom stereocenters. The summed E-state index contributed by atoms with van der Waals surface area (Å²) >= 11 is 1.52. The van der Waals surface area contributed by atoms with E-state index in [9.17, 15) is 4.79 Å². The standard InChI is InChI=1S/C39H34N4O5S/c1-45-36-21-28(13-19-34(36)48-25-29-14-20-35(37(22-29)46-2)47-24-27-9-5-3-6-10-27)23-40-43-38(44)31-17-15-30(16-18-31)33-26-49-39(42-33)41-32-11-7-4-8-12-32/h3-23,26H,24-25H2,1-2H3,(H,41,42)(H,43,44)/b40-23+. The van der Waals surface area contributed by atoms with Gasteiger partial charge in [0.05, 0.1) is 26.1 Å². The fourth-order valence-electron chi connectivity index (χ4n) is 4.83.